The summed E-state index contributed by atoms with van der Waals surface area (Å²) in [7, 11) is 0.819. The lowest BCUT2D eigenvalue weighted by atomic mass is 9.98. The van der Waals surface area contributed by atoms with E-state index < -0.39 is 23.6 Å². The largest absolute Gasteiger partial charge is 0.486 e. The molecule has 2 N–H and O–H groups in total. The van der Waals surface area contributed by atoms with Gasteiger partial charge in [-0.05, 0) is 42.9 Å². The van der Waals surface area contributed by atoms with Gasteiger partial charge in [0.2, 0.25) is 0 Å². The highest BCUT2D eigenvalue weighted by atomic mass is 32.2. The van der Waals surface area contributed by atoms with E-state index in [1.807, 2.05) is 0 Å². The van der Waals surface area contributed by atoms with E-state index in [1.54, 1.807) is 6.07 Å². The zero-order valence-corrected chi connectivity index (χ0v) is 16.2. The van der Waals surface area contributed by atoms with E-state index in [2.05, 4.69) is 10.6 Å². The molecule has 0 bridgehead atoms. The molecule has 27 heavy (non-hydrogen) atoms. The highest BCUT2D eigenvalue weighted by Gasteiger charge is 2.29. The number of hydrogen-bond acceptors (Lipinski definition) is 4. The van der Waals surface area contributed by atoms with Gasteiger partial charge in [0.15, 0.2) is 0 Å². The van der Waals surface area contributed by atoms with Crippen molar-refractivity contribution >= 4 is 22.6 Å². The van der Waals surface area contributed by atoms with Gasteiger partial charge in [-0.15, -0.1) is 0 Å². The molecule has 1 aromatic carbocycles. The van der Waals surface area contributed by atoms with Crippen LogP contribution in [0.2, 0.25) is 0 Å². The fourth-order valence-electron chi connectivity index (χ4n) is 3.58. The standard InChI is InChI=1S/C19H25FN2O4S/c1-21-19(24)16-10-14(8-13-9-15(11-20)26-17(13)16)18(23)22-5-2-12-3-6-27(25)7-4-12/h8,10,12,15H,2-7,9,11H2,1H3,(H,21,24)(H,22,23). The predicted molar refractivity (Wildman–Crippen MR) is 101 cm³/mol. The number of hydrogen-bond donors (Lipinski definition) is 2. The van der Waals surface area contributed by atoms with Gasteiger partial charge < -0.3 is 15.4 Å². The van der Waals surface area contributed by atoms with E-state index in [0.29, 0.717) is 35.8 Å². The molecule has 2 amide bonds. The minimum Gasteiger partial charge on any atom is -0.486 e. The molecule has 6 nitrogen and oxygen atoms in total. The zero-order chi connectivity index (χ0) is 19.4. The molecule has 0 aromatic heterocycles. The first-order valence-electron chi connectivity index (χ1n) is 9.26. The topological polar surface area (TPSA) is 84.5 Å². The first kappa shape index (κ1) is 19.8. The fourth-order valence-corrected chi connectivity index (χ4v) is 4.97. The van der Waals surface area contributed by atoms with Gasteiger partial charge in [-0.25, -0.2) is 4.39 Å². The smallest absolute Gasteiger partial charge is 0.254 e. The molecule has 1 aromatic rings. The van der Waals surface area contributed by atoms with Crippen molar-refractivity contribution < 1.29 is 22.9 Å². The number of rotatable bonds is 6. The maximum Gasteiger partial charge on any atom is 0.254 e. The van der Waals surface area contributed by atoms with Crippen LogP contribution in [0.15, 0.2) is 12.1 Å². The second-order valence-corrected chi connectivity index (χ2v) is 8.72. The van der Waals surface area contributed by atoms with Gasteiger partial charge in [0.25, 0.3) is 11.8 Å². The molecule has 148 valence electrons. The van der Waals surface area contributed by atoms with E-state index in [1.165, 1.54) is 13.1 Å². The van der Waals surface area contributed by atoms with Gasteiger partial charge in [0.1, 0.15) is 18.5 Å². The summed E-state index contributed by atoms with van der Waals surface area (Å²) in [6.07, 6.45) is 2.45. The fraction of sp³-hybridized carbons (Fsp3) is 0.579. The van der Waals surface area contributed by atoms with Crippen LogP contribution in [0, 0.1) is 5.92 Å². The first-order chi connectivity index (χ1) is 13.0. The lowest BCUT2D eigenvalue weighted by molar-refractivity contribution is 0.0951. The molecule has 8 heteroatoms. The molecular weight excluding hydrogens is 371 g/mol. The number of benzene rings is 1. The van der Waals surface area contributed by atoms with Crippen molar-refractivity contribution in [3.63, 3.8) is 0 Å². The Balaban J connectivity index is 1.66. The van der Waals surface area contributed by atoms with Crippen LogP contribution in [0.4, 0.5) is 4.39 Å². The van der Waals surface area contributed by atoms with Crippen LogP contribution in [0.5, 0.6) is 5.75 Å². The second kappa shape index (κ2) is 8.82. The predicted octanol–water partition coefficient (Wildman–Crippen LogP) is 1.60. The molecule has 0 saturated carbocycles. The third-order valence-corrected chi connectivity index (χ3v) is 6.53. The van der Waals surface area contributed by atoms with Crippen molar-refractivity contribution in [3.05, 3.63) is 28.8 Å². The number of carbonyl (C=O) groups excluding carboxylic acids is 2. The minimum atomic E-state index is -0.681. The van der Waals surface area contributed by atoms with Crippen LogP contribution < -0.4 is 15.4 Å². The Morgan fingerprint density at radius 3 is 2.67 bits per heavy atom. The molecule has 0 radical (unpaired) electrons. The van der Waals surface area contributed by atoms with Crippen LogP contribution in [0.3, 0.4) is 0 Å². The Morgan fingerprint density at radius 1 is 1.26 bits per heavy atom. The number of nitrogens with one attached hydrogen (secondary N) is 2. The number of ether oxygens (including phenoxy) is 1. The molecule has 0 spiro atoms. The molecule has 1 saturated heterocycles. The number of halogens is 1. The van der Waals surface area contributed by atoms with Crippen LogP contribution in [0.25, 0.3) is 0 Å². The molecule has 3 rings (SSSR count). The van der Waals surface area contributed by atoms with Gasteiger partial charge in [-0.2, -0.15) is 0 Å². The second-order valence-electron chi connectivity index (χ2n) is 7.03. The van der Waals surface area contributed by atoms with Gasteiger partial charge >= 0.3 is 0 Å². The molecule has 0 aliphatic carbocycles. The molecule has 2 aliphatic heterocycles. The van der Waals surface area contributed by atoms with E-state index >= 15 is 0 Å². The number of fused-ring (bicyclic) bond motifs is 1. The summed E-state index contributed by atoms with van der Waals surface area (Å²) in [4.78, 5) is 24.7. The third-order valence-electron chi connectivity index (χ3n) is 5.15. The van der Waals surface area contributed by atoms with E-state index in [-0.39, 0.29) is 17.4 Å². The average Bonchev–Trinajstić information content (AvgIpc) is 3.11. The summed E-state index contributed by atoms with van der Waals surface area (Å²) < 4.78 is 29.9. The number of amides is 2. The summed E-state index contributed by atoms with van der Waals surface area (Å²) in [5.41, 5.74) is 1.31. The van der Waals surface area contributed by atoms with Crippen LogP contribution >= 0.6 is 0 Å². The Hall–Kier alpha value is -1.96. The molecule has 1 unspecified atom stereocenters. The normalized spacial score (nSPS) is 24.0. The van der Waals surface area contributed by atoms with Gasteiger partial charge in [-0.3, -0.25) is 13.8 Å². The summed E-state index contributed by atoms with van der Waals surface area (Å²) in [5, 5.41) is 5.43. The first-order valence-corrected chi connectivity index (χ1v) is 10.8. The van der Waals surface area contributed by atoms with Gasteiger partial charge in [0.05, 0.1) is 5.56 Å². The van der Waals surface area contributed by atoms with Crippen molar-refractivity contribution in [2.24, 2.45) is 5.92 Å². The Morgan fingerprint density at radius 2 is 2.00 bits per heavy atom. The monoisotopic (exact) mass is 396 g/mol. The average molecular weight is 396 g/mol. The molecule has 1 atom stereocenters. The summed E-state index contributed by atoms with van der Waals surface area (Å²) in [6, 6.07) is 3.17. The van der Waals surface area contributed by atoms with Gasteiger partial charge in [0, 0.05) is 47.9 Å². The maximum atomic E-state index is 13.0. The Labute approximate surface area is 160 Å². The molecule has 2 heterocycles. The van der Waals surface area contributed by atoms with Crippen molar-refractivity contribution in [2.75, 3.05) is 31.8 Å². The quantitative estimate of drug-likeness (QED) is 0.765. The van der Waals surface area contributed by atoms with Gasteiger partial charge in [-0.1, -0.05) is 0 Å². The van der Waals surface area contributed by atoms with E-state index in [0.717, 1.165) is 30.8 Å². The van der Waals surface area contributed by atoms with Crippen LogP contribution in [0.1, 0.15) is 45.5 Å². The van der Waals surface area contributed by atoms with E-state index in [4.69, 9.17) is 4.74 Å². The molecule has 2 aliphatic rings. The van der Waals surface area contributed by atoms with Crippen LogP contribution in [-0.2, 0) is 17.2 Å². The lowest BCUT2D eigenvalue weighted by Crippen LogP contribution is -2.28. The zero-order valence-electron chi connectivity index (χ0n) is 15.4. The Kier molecular flexibility index (Phi) is 6.46. The van der Waals surface area contributed by atoms with Crippen molar-refractivity contribution in [3.8, 4) is 5.75 Å². The van der Waals surface area contributed by atoms with E-state index in [9.17, 15) is 18.2 Å². The minimum absolute atomic E-state index is 0.255. The SMILES string of the molecule is CNC(=O)c1cc(C(=O)NCCC2CCS(=O)CC2)cc2c1OC(CF)C2. The number of alkyl halides is 1. The highest BCUT2D eigenvalue weighted by Crippen LogP contribution is 2.34. The maximum absolute atomic E-state index is 13.0. The number of carbonyl (C=O) groups is 2. The Bertz CT molecular complexity index is 745. The molecule has 1 fully saturated rings. The summed E-state index contributed by atoms with van der Waals surface area (Å²) >= 11 is 0. The third kappa shape index (κ3) is 4.66. The van der Waals surface area contributed by atoms with Crippen molar-refractivity contribution in [1.29, 1.82) is 0 Å². The molecular formula is C19H25FN2O4S. The van der Waals surface area contributed by atoms with Crippen LogP contribution in [-0.4, -0.2) is 53.9 Å². The van der Waals surface area contributed by atoms with Crippen molar-refractivity contribution in [1.82, 2.24) is 10.6 Å². The highest BCUT2D eigenvalue weighted by molar-refractivity contribution is 7.85. The summed E-state index contributed by atoms with van der Waals surface area (Å²) in [6.45, 7) is -0.109. The summed E-state index contributed by atoms with van der Waals surface area (Å²) in [5.74, 6) is 1.72. The van der Waals surface area contributed by atoms with Crippen molar-refractivity contribution in [2.45, 2.75) is 31.8 Å². The lowest BCUT2D eigenvalue weighted by Gasteiger charge is -2.21.